The van der Waals surface area contributed by atoms with Gasteiger partial charge in [0.25, 0.3) is 0 Å². The fourth-order valence-corrected chi connectivity index (χ4v) is 3.62. The zero-order valence-corrected chi connectivity index (χ0v) is 13.7. The number of pyridine rings is 1. The maximum absolute atomic E-state index is 5.91. The van der Waals surface area contributed by atoms with Crippen molar-refractivity contribution in [2.24, 2.45) is 0 Å². The van der Waals surface area contributed by atoms with Gasteiger partial charge in [0.05, 0.1) is 12.2 Å². The van der Waals surface area contributed by atoms with Gasteiger partial charge in [0.1, 0.15) is 0 Å². The predicted molar refractivity (Wildman–Crippen MR) is 87.9 cm³/mol. The van der Waals surface area contributed by atoms with Crippen LogP contribution in [0.4, 0.5) is 0 Å². The maximum Gasteiger partial charge on any atom is 0.0678 e. The molecule has 22 heavy (non-hydrogen) atoms. The van der Waals surface area contributed by atoms with Crippen molar-refractivity contribution in [1.29, 1.82) is 0 Å². The smallest absolute Gasteiger partial charge is 0.0678 e. The van der Waals surface area contributed by atoms with Crippen molar-refractivity contribution in [2.75, 3.05) is 45.8 Å². The molecule has 0 aromatic carbocycles. The highest BCUT2D eigenvalue weighted by atomic mass is 16.5. The number of rotatable bonds is 4. The van der Waals surface area contributed by atoms with E-state index in [0.717, 1.165) is 45.8 Å². The number of piperazine rings is 1. The summed E-state index contributed by atoms with van der Waals surface area (Å²) in [5.74, 6) is 0. The van der Waals surface area contributed by atoms with Crippen LogP contribution in [0.5, 0.6) is 0 Å². The molecular weight excluding hydrogens is 276 g/mol. The molecule has 3 unspecified atom stereocenters. The Morgan fingerprint density at radius 3 is 2.64 bits per heavy atom. The highest BCUT2D eigenvalue weighted by Crippen LogP contribution is 2.25. The van der Waals surface area contributed by atoms with Gasteiger partial charge in [-0.2, -0.15) is 0 Å². The summed E-state index contributed by atoms with van der Waals surface area (Å²) in [6.45, 7) is 11.9. The zero-order chi connectivity index (χ0) is 15.4. The Labute approximate surface area is 133 Å². The van der Waals surface area contributed by atoms with E-state index in [1.54, 1.807) is 0 Å². The zero-order valence-electron chi connectivity index (χ0n) is 13.7. The van der Waals surface area contributed by atoms with Crippen LogP contribution in [0.25, 0.3) is 0 Å². The molecule has 0 radical (unpaired) electrons. The predicted octanol–water partition coefficient (Wildman–Crippen LogP) is 1.14. The Morgan fingerprint density at radius 1 is 1.27 bits per heavy atom. The first kappa shape index (κ1) is 15.9. The molecule has 0 spiro atoms. The third-order valence-corrected chi connectivity index (χ3v) is 4.60. The number of morpholine rings is 1. The van der Waals surface area contributed by atoms with E-state index in [-0.39, 0.29) is 0 Å². The minimum atomic E-state index is 0.297. The van der Waals surface area contributed by atoms with Gasteiger partial charge in [-0.05, 0) is 25.5 Å². The summed E-state index contributed by atoms with van der Waals surface area (Å²) in [5, 5.41) is 3.43. The van der Waals surface area contributed by atoms with Gasteiger partial charge in [-0.3, -0.25) is 14.8 Å². The van der Waals surface area contributed by atoms with E-state index in [1.807, 2.05) is 18.5 Å². The van der Waals surface area contributed by atoms with E-state index in [2.05, 4.69) is 40.0 Å². The van der Waals surface area contributed by atoms with Crippen LogP contribution in [-0.4, -0.2) is 72.8 Å². The van der Waals surface area contributed by atoms with Gasteiger partial charge in [-0.15, -0.1) is 0 Å². The molecule has 122 valence electrons. The van der Waals surface area contributed by atoms with Crippen molar-refractivity contribution in [3.05, 3.63) is 30.1 Å². The van der Waals surface area contributed by atoms with Crippen molar-refractivity contribution >= 4 is 0 Å². The summed E-state index contributed by atoms with van der Waals surface area (Å²) in [7, 11) is 0. The molecular formula is C17H28N4O. The minimum Gasteiger partial charge on any atom is -0.373 e. The Bertz CT molecular complexity index is 439. The van der Waals surface area contributed by atoms with Gasteiger partial charge in [0.15, 0.2) is 0 Å². The standard InChI is InChI=1S/C17H28N4O/c1-14-11-21(12-15(2)22-14)17(16-4-3-5-19-10-16)13-20-8-6-18-7-9-20/h3-5,10,14-15,17-18H,6-9,11-13H2,1-2H3. The van der Waals surface area contributed by atoms with Crippen molar-refractivity contribution in [3.63, 3.8) is 0 Å². The second-order valence-corrected chi connectivity index (χ2v) is 6.56. The largest absolute Gasteiger partial charge is 0.373 e. The third-order valence-electron chi connectivity index (χ3n) is 4.60. The number of ether oxygens (including phenoxy) is 1. The molecule has 1 aromatic rings. The summed E-state index contributed by atoms with van der Waals surface area (Å²) in [6.07, 6.45) is 4.48. The molecule has 5 nitrogen and oxygen atoms in total. The number of nitrogens with one attached hydrogen (secondary N) is 1. The second-order valence-electron chi connectivity index (χ2n) is 6.56. The van der Waals surface area contributed by atoms with Gasteiger partial charge in [0.2, 0.25) is 0 Å². The molecule has 1 N–H and O–H groups in total. The van der Waals surface area contributed by atoms with Gasteiger partial charge in [-0.25, -0.2) is 0 Å². The van der Waals surface area contributed by atoms with Crippen LogP contribution in [0.3, 0.4) is 0 Å². The van der Waals surface area contributed by atoms with Crippen LogP contribution >= 0.6 is 0 Å². The lowest BCUT2D eigenvalue weighted by Gasteiger charge is -2.42. The molecule has 3 atom stereocenters. The molecule has 3 rings (SSSR count). The Kier molecular flexibility index (Phi) is 5.41. The molecule has 0 aliphatic carbocycles. The maximum atomic E-state index is 5.91. The lowest BCUT2D eigenvalue weighted by Crippen LogP contribution is -2.51. The molecule has 2 aliphatic rings. The minimum absolute atomic E-state index is 0.297. The first-order valence-electron chi connectivity index (χ1n) is 8.45. The molecule has 2 saturated heterocycles. The first-order chi connectivity index (χ1) is 10.7. The van der Waals surface area contributed by atoms with Crippen LogP contribution < -0.4 is 5.32 Å². The van der Waals surface area contributed by atoms with Crippen LogP contribution in [-0.2, 0) is 4.74 Å². The molecule has 0 amide bonds. The molecule has 2 aliphatic heterocycles. The fourth-order valence-electron chi connectivity index (χ4n) is 3.62. The summed E-state index contributed by atoms with van der Waals surface area (Å²) >= 11 is 0. The van der Waals surface area contributed by atoms with E-state index in [4.69, 9.17) is 4.74 Å². The van der Waals surface area contributed by atoms with Crippen molar-refractivity contribution < 1.29 is 4.74 Å². The van der Waals surface area contributed by atoms with Gasteiger partial charge in [0, 0.05) is 64.2 Å². The van der Waals surface area contributed by atoms with E-state index >= 15 is 0 Å². The van der Waals surface area contributed by atoms with E-state index in [0.29, 0.717) is 18.2 Å². The van der Waals surface area contributed by atoms with Gasteiger partial charge < -0.3 is 10.1 Å². The first-order valence-corrected chi connectivity index (χ1v) is 8.45. The Balaban J connectivity index is 1.76. The number of hydrogen-bond donors (Lipinski definition) is 1. The SMILES string of the molecule is CC1CN(C(CN2CCNCC2)c2cccnc2)CC(C)O1. The molecule has 5 heteroatoms. The summed E-state index contributed by atoms with van der Waals surface area (Å²) in [6, 6.07) is 4.67. The number of hydrogen-bond acceptors (Lipinski definition) is 5. The monoisotopic (exact) mass is 304 g/mol. The quantitative estimate of drug-likeness (QED) is 0.903. The van der Waals surface area contributed by atoms with Crippen molar-refractivity contribution in [3.8, 4) is 0 Å². The molecule has 0 bridgehead atoms. The summed E-state index contributed by atoms with van der Waals surface area (Å²) in [4.78, 5) is 9.49. The lowest BCUT2D eigenvalue weighted by atomic mass is 10.0. The van der Waals surface area contributed by atoms with Crippen LogP contribution in [0, 0.1) is 0 Å². The van der Waals surface area contributed by atoms with E-state index < -0.39 is 0 Å². The third kappa shape index (κ3) is 4.04. The molecule has 3 heterocycles. The van der Waals surface area contributed by atoms with Crippen molar-refractivity contribution in [1.82, 2.24) is 20.1 Å². The summed E-state index contributed by atoms with van der Waals surface area (Å²) in [5.41, 5.74) is 1.32. The van der Waals surface area contributed by atoms with Gasteiger partial charge >= 0.3 is 0 Å². The summed E-state index contributed by atoms with van der Waals surface area (Å²) < 4.78 is 5.91. The molecule has 2 fully saturated rings. The van der Waals surface area contributed by atoms with Crippen molar-refractivity contribution in [2.45, 2.75) is 32.1 Å². The highest BCUT2D eigenvalue weighted by molar-refractivity contribution is 5.15. The normalized spacial score (nSPS) is 29.4. The molecule has 0 saturated carbocycles. The lowest BCUT2D eigenvalue weighted by molar-refractivity contribution is -0.0843. The van der Waals surface area contributed by atoms with Crippen LogP contribution in [0.15, 0.2) is 24.5 Å². The average molecular weight is 304 g/mol. The fraction of sp³-hybridized carbons (Fsp3) is 0.706. The van der Waals surface area contributed by atoms with Gasteiger partial charge in [-0.1, -0.05) is 6.07 Å². The van der Waals surface area contributed by atoms with Crippen LogP contribution in [0.1, 0.15) is 25.5 Å². The number of aromatic nitrogens is 1. The second kappa shape index (κ2) is 7.51. The van der Waals surface area contributed by atoms with E-state index in [9.17, 15) is 0 Å². The Hall–Kier alpha value is -1.01. The molecule has 1 aromatic heterocycles. The Morgan fingerprint density at radius 2 is 2.00 bits per heavy atom. The highest BCUT2D eigenvalue weighted by Gasteiger charge is 2.30. The van der Waals surface area contributed by atoms with E-state index in [1.165, 1.54) is 5.56 Å². The topological polar surface area (TPSA) is 40.6 Å². The number of nitrogens with zero attached hydrogens (tertiary/aromatic N) is 3. The average Bonchev–Trinajstić information content (AvgIpc) is 2.53. The van der Waals surface area contributed by atoms with Crippen LogP contribution in [0.2, 0.25) is 0 Å².